The Kier molecular flexibility index (Phi) is 4.19. The van der Waals surface area contributed by atoms with Crippen LogP contribution in [0, 0.1) is 5.82 Å². The number of carbonyl (C=O) groups excluding carboxylic acids is 1. The summed E-state index contributed by atoms with van der Waals surface area (Å²) in [6.07, 6.45) is 4.81. The van der Waals surface area contributed by atoms with E-state index in [1.165, 1.54) is 29.7 Å². The lowest BCUT2D eigenvalue weighted by molar-refractivity contribution is -0.117. The standard InChI is InChI=1S/C22H20FN3O2/c23-17-8-3-7-15(11-17)21-24-22(28-25-21)16-12-20(27)26(13-16)19-10-4-6-14-5-1-2-9-18(14)19/h3-4,6-8,10-11,16H,1-2,5,9,12-13H2. The van der Waals surface area contributed by atoms with E-state index in [2.05, 4.69) is 16.2 Å². The third-order valence-electron chi connectivity index (χ3n) is 5.66. The van der Waals surface area contributed by atoms with Crippen molar-refractivity contribution in [3.63, 3.8) is 0 Å². The number of hydrogen-bond acceptors (Lipinski definition) is 4. The predicted octanol–water partition coefficient (Wildman–Crippen LogP) is 4.28. The summed E-state index contributed by atoms with van der Waals surface area (Å²) >= 11 is 0. The summed E-state index contributed by atoms with van der Waals surface area (Å²) in [6, 6.07) is 12.3. The average molecular weight is 377 g/mol. The number of benzene rings is 2. The van der Waals surface area contributed by atoms with E-state index in [4.69, 9.17) is 4.52 Å². The fraction of sp³-hybridized carbons (Fsp3) is 0.318. The molecule has 1 aromatic heterocycles. The first kappa shape index (κ1) is 17.1. The maximum Gasteiger partial charge on any atom is 0.232 e. The molecule has 142 valence electrons. The van der Waals surface area contributed by atoms with Crippen LogP contribution in [0.3, 0.4) is 0 Å². The Bertz CT molecular complexity index is 1050. The first-order chi connectivity index (χ1) is 13.7. The van der Waals surface area contributed by atoms with Gasteiger partial charge in [-0.05, 0) is 55.0 Å². The van der Waals surface area contributed by atoms with Gasteiger partial charge < -0.3 is 9.42 Å². The minimum atomic E-state index is -0.347. The third kappa shape index (κ3) is 2.99. The van der Waals surface area contributed by atoms with E-state index >= 15 is 0 Å². The molecule has 1 amide bonds. The van der Waals surface area contributed by atoms with E-state index in [1.807, 2.05) is 17.0 Å². The molecule has 5 nitrogen and oxygen atoms in total. The van der Waals surface area contributed by atoms with E-state index in [9.17, 15) is 9.18 Å². The van der Waals surface area contributed by atoms with Crippen LogP contribution in [0.25, 0.3) is 11.4 Å². The molecule has 28 heavy (non-hydrogen) atoms. The molecular formula is C22H20FN3O2. The van der Waals surface area contributed by atoms with Crippen LogP contribution < -0.4 is 4.90 Å². The Morgan fingerprint density at radius 1 is 1.11 bits per heavy atom. The van der Waals surface area contributed by atoms with Crippen molar-refractivity contribution in [2.45, 2.75) is 38.0 Å². The second-order valence-electron chi connectivity index (χ2n) is 7.49. The third-order valence-corrected chi connectivity index (χ3v) is 5.66. The van der Waals surface area contributed by atoms with E-state index in [0.717, 1.165) is 24.9 Å². The van der Waals surface area contributed by atoms with Crippen LogP contribution in [0.4, 0.5) is 10.1 Å². The number of anilines is 1. The van der Waals surface area contributed by atoms with E-state index in [0.29, 0.717) is 30.2 Å². The maximum absolute atomic E-state index is 13.5. The first-order valence-corrected chi connectivity index (χ1v) is 9.70. The zero-order valence-electron chi connectivity index (χ0n) is 15.4. The summed E-state index contributed by atoms with van der Waals surface area (Å²) in [5.41, 5.74) is 4.24. The van der Waals surface area contributed by atoms with Crippen LogP contribution in [0.2, 0.25) is 0 Å². The zero-order chi connectivity index (χ0) is 19.1. The van der Waals surface area contributed by atoms with Gasteiger partial charge in [-0.1, -0.05) is 29.4 Å². The predicted molar refractivity (Wildman–Crippen MR) is 102 cm³/mol. The first-order valence-electron chi connectivity index (χ1n) is 9.70. The van der Waals surface area contributed by atoms with Gasteiger partial charge in [0.25, 0.3) is 0 Å². The van der Waals surface area contributed by atoms with Crippen LogP contribution in [-0.4, -0.2) is 22.6 Å². The lowest BCUT2D eigenvalue weighted by Gasteiger charge is -2.25. The summed E-state index contributed by atoms with van der Waals surface area (Å²) in [5.74, 6) is 0.355. The molecule has 1 atom stereocenters. The van der Waals surface area contributed by atoms with Crippen molar-refractivity contribution >= 4 is 11.6 Å². The molecular weight excluding hydrogens is 357 g/mol. The highest BCUT2D eigenvalue weighted by atomic mass is 19.1. The molecule has 1 saturated heterocycles. The van der Waals surface area contributed by atoms with Crippen LogP contribution >= 0.6 is 0 Å². The van der Waals surface area contributed by atoms with Gasteiger partial charge in [0.05, 0.1) is 5.92 Å². The molecule has 1 aliphatic carbocycles. The number of hydrogen-bond donors (Lipinski definition) is 0. The molecule has 6 heteroatoms. The Morgan fingerprint density at radius 2 is 1.96 bits per heavy atom. The number of aromatic nitrogens is 2. The highest BCUT2D eigenvalue weighted by Crippen LogP contribution is 2.36. The fourth-order valence-electron chi connectivity index (χ4n) is 4.27. The Labute approximate surface area is 162 Å². The van der Waals surface area contributed by atoms with Crippen molar-refractivity contribution in [2.75, 3.05) is 11.4 Å². The van der Waals surface area contributed by atoms with Gasteiger partial charge in [-0.25, -0.2) is 4.39 Å². The molecule has 0 spiro atoms. The average Bonchev–Trinajstić information content (AvgIpc) is 3.34. The van der Waals surface area contributed by atoms with Crippen LogP contribution in [0.5, 0.6) is 0 Å². The lowest BCUT2D eigenvalue weighted by atomic mass is 9.90. The van der Waals surface area contributed by atoms with Crippen molar-refractivity contribution in [1.29, 1.82) is 0 Å². The second kappa shape index (κ2) is 6.86. The fourth-order valence-corrected chi connectivity index (χ4v) is 4.27. The topological polar surface area (TPSA) is 59.2 Å². The van der Waals surface area contributed by atoms with Crippen LogP contribution in [0.15, 0.2) is 47.0 Å². The van der Waals surface area contributed by atoms with E-state index in [1.54, 1.807) is 12.1 Å². The van der Waals surface area contributed by atoms with Gasteiger partial charge in [-0.15, -0.1) is 0 Å². The van der Waals surface area contributed by atoms with Crippen molar-refractivity contribution in [3.05, 3.63) is 65.3 Å². The van der Waals surface area contributed by atoms with Gasteiger partial charge in [0.1, 0.15) is 5.82 Å². The van der Waals surface area contributed by atoms with Crippen molar-refractivity contribution in [3.8, 4) is 11.4 Å². The molecule has 2 heterocycles. The largest absolute Gasteiger partial charge is 0.339 e. The van der Waals surface area contributed by atoms with Crippen LogP contribution in [0.1, 0.15) is 42.2 Å². The van der Waals surface area contributed by atoms with Crippen molar-refractivity contribution < 1.29 is 13.7 Å². The van der Waals surface area contributed by atoms with E-state index < -0.39 is 0 Å². The van der Waals surface area contributed by atoms with Gasteiger partial charge in [0, 0.05) is 24.2 Å². The number of carbonyl (C=O) groups is 1. The molecule has 0 saturated carbocycles. The summed E-state index contributed by atoms with van der Waals surface area (Å²) in [5, 5.41) is 3.98. The molecule has 0 N–H and O–H groups in total. The smallest absolute Gasteiger partial charge is 0.232 e. The zero-order valence-corrected chi connectivity index (χ0v) is 15.4. The maximum atomic E-state index is 13.5. The number of nitrogens with zero attached hydrogens (tertiary/aromatic N) is 3. The highest BCUT2D eigenvalue weighted by Gasteiger charge is 2.36. The van der Waals surface area contributed by atoms with Crippen molar-refractivity contribution in [2.24, 2.45) is 0 Å². The molecule has 2 aliphatic rings. The minimum Gasteiger partial charge on any atom is -0.339 e. The summed E-state index contributed by atoms with van der Waals surface area (Å²) in [4.78, 5) is 19.0. The van der Waals surface area contributed by atoms with Gasteiger partial charge in [-0.2, -0.15) is 4.98 Å². The molecule has 0 bridgehead atoms. The molecule has 0 radical (unpaired) electrons. The normalized spacial score (nSPS) is 19.1. The molecule has 3 aromatic rings. The number of amides is 1. The summed E-state index contributed by atoms with van der Waals surface area (Å²) in [7, 11) is 0. The molecule has 2 aromatic carbocycles. The second-order valence-corrected chi connectivity index (χ2v) is 7.49. The molecule has 1 fully saturated rings. The van der Waals surface area contributed by atoms with E-state index in [-0.39, 0.29) is 17.6 Å². The Morgan fingerprint density at radius 3 is 2.86 bits per heavy atom. The number of halogens is 1. The van der Waals surface area contributed by atoms with Gasteiger partial charge in [0.15, 0.2) is 0 Å². The number of rotatable bonds is 3. The number of fused-ring (bicyclic) bond motifs is 1. The summed E-state index contributed by atoms with van der Waals surface area (Å²) in [6.45, 7) is 0.528. The van der Waals surface area contributed by atoms with Gasteiger partial charge >= 0.3 is 0 Å². The van der Waals surface area contributed by atoms with Gasteiger partial charge in [0.2, 0.25) is 17.6 Å². The Balaban J connectivity index is 1.41. The number of aryl methyl sites for hydroxylation is 1. The minimum absolute atomic E-state index is 0.0782. The van der Waals surface area contributed by atoms with Crippen LogP contribution in [-0.2, 0) is 17.6 Å². The van der Waals surface area contributed by atoms with Crippen molar-refractivity contribution in [1.82, 2.24) is 10.1 Å². The Hall–Kier alpha value is -3.02. The van der Waals surface area contributed by atoms with Gasteiger partial charge in [-0.3, -0.25) is 4.79 Å². The summed E-state index contributed by atoms with van der Waals surface area (Å²) < 4.78 is 18.9. The lowest BCUT2D eigenvalue weighted by Crippen LogP contribution is -2.26. The monoisotopic (exact) mass is 377 g/mol. The quantitative estimate of drug-likeness (QED) is 0.684. The highest BCUT2D eigenvalue weighted by molar-refractivity contribution is 5.97. The molecule has 1 unspecified atom stereocenters. The SMILES string of the molecule is O=C1CC(c2nc(-c3cccc(F)c3)no2)CN1c1cccc2c1CCCC2. The molecule has 1 aliphatic heterocycles. The molecule has 5 rings (SSSR count).